The van der Waals surface area contributed by atoms with Crippen LogP contribution in [0.25, 0.3) is 22.3 Å². The second-order valence-corrected chi connectivity index (χ2v) is 5.69. The number of aromatic amines is 2. The molecule has 0 bridgehead atoms. The van der Waals surface area contributed by atoms with Crippen LogP contribution in [0.5, 0.6) is 0 Å². The van der Waals surface area contributed by atoms with Crippen LogP contribution in [-0.2, 0) is 28.2 Å². The molecule has 2 N–H and O–H groups in total. The van der Waals surface area contributed by atoms with E-state index in [0.29, 0.717) is 22.3 Å². The zero-order valence-electron chi connectivity index (χ0n) is 14.5. The minimum absolute atomic E-state index is 0.329. The average Bonchev–Trinajstić information content (AvgIpc) is 3.15. The molecule has 4 rings (SSSR count). The first-order valence-electron chi connectivity index (χ1n) is 7.43. The number of nitrogens with zero attached hydrogens (tertiary/aromatic N) is 6. The Bertz CT molecular complexity index is 1350. The summed E-state index contributed by atoms with van der Waals surface area (Å²) in [4.78, 5) is 57.6. The Hall–Kier alpha value is -3.70. The molecule has 0 unspecified atom stereocenters. The van der Waals surface area contributed by atoms with Crippen molar-refractivity contribution in [3.63, 3.8) is 0 Å². The molecule has 0 aliphatic carbocycles. The van der Waals surface area contributed by atoms with E-state index in [0.717, 1.165) is 4.57 Å². The van der Waals surface area contributed by atoms with Crippen LogP contribution < -0.4 is 22.5 Å². The molecule has 4 aromatic heterocycles. The minimum atomic E-state index is -0.448. The molecular weight excluding hydrogens is 344 g/mol. The zero-order chi connectivity index (χ0) is 19.2. The van der Waals surface area contributed by atoms with Gasteiger partial charge in [0.25, 0.3) is 11.1 Å². The molecule has 0 spiro atoms. The fourth-order valence-corrected chi connectivity index (χ4v) is 2.47. The maximum absolute atomic E-state index is 11.5. The van der Waals surface area contributed by atoms with Crippen molar-refractivity contribution in [2.24, 2.45) is 28.2 Å². The highest BCUT2D eigenvalue weighted by molar-refractivity contribution is 5.69. The van der Waals surface area contributed by atoms with Gasteiger partial charge in [-0.2, -0.15) is 0 Å². The Balaban J connectivity index is 0.000000151. The van der Waals surface area contributed by atoms with Gasteiger partial charge in [-0.15, -0.1) is 0 Å². The second-order valence-electron chi connectivity index (χ2n) is 5.69. The van der Waals surface area contributed by atoms with E-state index in [4.69, 9.17) is 0 Å². The van der Waals surface area contributed by atoms with E-state index in [1.165, 1.54) is 24.3 Å². The Morgan fingerprint density at radius 2 is 1.35 bits per heavy atom. The number of hydrogen-bond donors (Lipinski definition) is 2. The lowest BCUT2D eigenvalue weighted by atomic mass is 10.5. The molecule has 0 aliphatic rings. The van der Waals surface area contributed by atoms with Crippen molar-refractivity contribution < 1.29 is 0 Å². The van der Waals surface area contributed by atoms with Crippen molar-refractivity contribution in [3.05, 3.63) is 54.3 Å². The number of imidazole rings is 2. The first kappa shape index (κ1) is 17.1. The van der Waals surface area contributed by atoms with Gasteiger partial charge in [0.05, 0.1) is 12.7 Å². The van der Waals surface area contributed by atoms with Crippen LogP contribution in [-0.4, -0.2) is 38.2 Å². The topological polar surface area (TPSA) is 145 Å². The zero-order valence-corrected chi connectivity index (χ0v) is 14.5. The van der Waals surface area contributed by atoms with Crippen LogP contribution in [0.1, 0.15) is 0 Å². The molecule has 12 nitrogen and oxygen atoms in total. The molecular formula is C14H16N8O4. The summed E-state index contributed by atoms with van der Waals surface area (Å²) in [5.41, 5.74) is -0.0969. The molecule has 26 heavy (non-hydrogen) atoms. The van der Waals surface area contributed by atoms with Gasteiger partial charge in [-0.25, -0.2) is 19.6 Å². The molecule has 12 heteroatoms. The third-order valence-corrected chi connectivity index (χ3v) is 3.95. The third kappa shape index (κ3) is 2.56. The highest BCUT2D eigenvalue weighted by Crippen LogP contribution is 2.01. The van der Waals surface area contributed by atoms with Gasteiger partial charge < -0.3 is 9.13 Å². The van der Waals surface area contributed by atoms with Crippen LogP contribution in [0.4, 0.5) is 0 Å². The first-order valence-corrected chi connectivity index (χ1v) is 7.43. The van der Waals surface area contributed by atoms with E-state index in [-0.39, 0.29) is 5.56 Å². The van der Waals surface area contributed by atoms with Gasteiger partial charge in [0.2, 0.25) is 0 Å². The molecule has 0 aliphatic heterocycles. The van der Waals surface area contributed by atoms with Gasteiger partial charge in [0, 0.05) is 28.2 Å². The maximum Gasteiger partial charge on any atom is 0.329 e. The van der Waals surface area contributed by atoms with Crippen LogP contribution in [0.3, 0.4) is 0 Å². The number of fused-ring (bicyclic) bond motifs is 2. The summed E-state index contributed by atoms with van der Waals surface area (Å²) in [5.74, 6) is 0. The largest absolute Gasteiger partial charge is 0.329 e. The summed E-state index contributed by atoms with van der Waals surface area (Å²) in [7, 11) is 6.39. The summed E-state index contributed by atoms with van der Waals surface area (Å²) in [5, 5.41) is 0. The van der Waals surface area contributed by atoms with E-state index in [1.54, 1.807) is 30.3 Å². The number of aryl methyl sites for hydroxylation is 3. The molecule has 4 heterocycles. The summed E-state index contributed by atoms with van der Waals surface area (Å²) in [6, 6.07) is 0. The van der Waals surface area contributed by atoms with Gasteiger partial charge in [-0.3, -0.25) is 28.7 Å². The maximum atomic E-state index is 11.5. The summed E-state index contributed by atoms with van der Waals surface area (Å²) in [6.07, 6.45) is 2.99. The van der Waals surface area contributed by atoms with Gasteiger partial charge in [0.1, 0.15) is 0 Å². The Morgan fingerprint density at radius 3 is 2.04 bits per heavy atom. The molecule has 0 aromatic carbocycles. The Labute approximate surface area is 144 Å². The molecule has 0 saturated carbocycles. The molecule has 0 saturated heterocycles. The lowest BCUT2D eigenvalue weighted by molar-refractivity contribution is 0.783. The summed E-state index contributed by atoms with van der Waals surface area (Å²) in [6.45, 7) is 0. The molecule has 136 valence electrons. The SMILES string of the molecule is Cn1c(=O)[nH]c2ncn(C)c2c1=O.Cn1cnc2c1c(=O)[nH]c(=O)n2C. The highest BCUT2D eigenvalue weighted by Gasteiger charge is 2.08. The first-order chi connectivity index (χ1) is 12.2. The lowest BCUT2D eigenvalue weighted by Gasteiger charge is -1.97. The van der Waals surface area contributed by atoms with E-state index in [2.05, 4.69) is 19.9 Å². The van der Waals surface area contributed by atoms with E-state index in [9.17, 15) is 19.2 Å². The van der Waals surface area contributed by atoms with Crippen LogP contribution >= 0.6 is 0 Å². The van der Waals surface area contributed by atoms with Crippen LogP contribution in [0.2, 0.25) is 0 Å². The highest BCUT2D eigenvalue weighted by atomic mass is 16.2. The average molecular weight is 360 g/mol. The van der Waals surface area contributed by atoms with Gasteiger partial charge in [0.15, 0.2) is 22.3 Å². The Morgan fingerprint density at radius 1 is 0.769 bits per heavy atom. The normalized spacial score (nSPS) is 10.9. The Kier molecular flexibility index (Phi) is 3.94. The fraction of sp³-hybridized carbons (Fsp3) is 0.286. The summed E-state index contributed by atoms with van der Waals surface area (Å²) < 4.78 is 5.47. The summed E-state index contributed by atoms with van der Waals surface area (Å²) >= 11 is 0. The molecule has 0 radical (unpaired) electrons. The predicted octanol–water partition coefficient (Wildman–Crippen LogP) is -2.08. The lowest BCUT2D eigenvalue weighted by Crippen LogP contribution is -2.33. The van der Waals surface area contributed by atoms with Crippen molar-refractivity contribution in [1.82, 2.24) is 38.2 Å². The number of aromatic nitrogens is 8. The van der Waals surface area contributed by atoms with Gasteiger partial charge in [-0.05, 0) is 0 Å². The van der Waals surface area contributed by atoms with Crippen LogP contribution in [0.15, 0.2) is 31.8 Å². The number of rotatable bonds is 0. The van der Waals surface area contributed by atoms with E-state index < -0.39 is 16.9 Å². The molecule has 0 fully saturated rings. The van der Waals surface area contributed by atoms with Crippen molar-refractivity contribution in [3.8, 4) is 0 Å². The van der Waals surface area contributed by atoms with Crippen molar-refractivity contribution >= 4 is 22.3 Å². The third-order valence-electron chi connectivity index (χ3n) is 3.95. The van der Waals surface area contributed by atoms with Gasteiger partial charge >= 0.3 is 11.4 Å². The quantitative estimate of drug-likeness (QED) is 0.368. The monoisotopic (exact) mass is 360 g/mol. The second kappa shape index (κ2) is 5.98. The molecule has 0 atom stereocenters. The van der Waals surface area contributed by atoms with E-state index in [1.807, 2.05) is 0 Å². The van der Waals surface area contributed by atoms with Crippen LogP contribution in [0, 0.1) is 0 Å². The number of H-pyrrole nitrogens is 2. The standard InChI is InChI=1S/2C7H8N4O2/c1-10-3-8-5-4(10)6(12)9-7(13)11(5)2;1-10-3-8-5-4(10)6(12)11(2)7(13)9-5/h3H,1-2H3,(H,9,12,13);3H,1-2H3,(H,9,13). The van der Waals surface area contributed by atoms with E-state index >= 15 is 0 Å². The number of hydrogen-bond acceptors (Lipinski definition) is 6. The van der Waals surface area contributed by atoms with Gasteiger partial charge in [-0.1, -0.05) is 0 Å². The minimum Gasteiger partial charge on any atom is -0.328 e. The predicted molar refractivity (Wildman–Crippen MR) is 93.2 cm³/mol. The van der Waals surface area contributed by atoms with Crippen molar-refractivity contribution in [2.45, 2.75) is 0 Å². The van der Waals surface area contributed by atoms with Crippen molar-refractivity contribution in [1.29, 1.82) is 0 Å². The smallest absolute Gasteiger partial charge is 0.328 e. The molecule has 4 aromatic rings. The van der Waals surface area contributed by atoms with Crippen molar-refractivity contribution in [2.75, 3.05) is 0 Å². The molecule has 0 amide bonds. The number of nitrogens with one attached hydrogen (secondary N) is 2. The fourth-order valence-electron chi connectivity index (χ4n) is 2.47.